The molecule has 0 bridgehead atoms. The minimum atomic E-state index is -3.99. The number of nitrogens with zero attached hydrogens (tertiary/aromatic N) is 3. The summed E-state index contributed by atoms with van der Waals surface area (Å²) in [5.74, 6) is -0.324. The highest BCUT2D eigenvalue weighted by Crippen LogP contribution is 2.40. The van der Waals surface area contributed by atoms with Crippen molar-refractivity contribution in [2.75, 3.05) is 7.05 Å². The molecule has 1 fully saturated rings. The van der Waals surface area contributed by atoms with Crippen molar-refractivity contribution in [3.63, 3.8) is 0 Å². The van der Waals surface area contributed by atoms with E-state index in [1.54, 1.807) is 0 Å². The van der Waals surface area contributed by atoms with E-state index < -0.39 is 27.0 Å². The predicted molar refractivity (Wildman–Crippen MR) is 130 cm³/mol. The molecule has 0 radical (unpaired) electrons. The standard InChI is InChI=1S/C22H22Cl2N4O6S/c1-27(13-5-3-2-4-6-13)35(32,33)19-11-15(7-8-18(19)29)34-21-16(23)9-14(10-17(21)24)28-22(31)26-20(30)12-25-28/h7-13,29H,2-6H2,1H3,(H,26,30,31). The summed E-state index contributed by atoms with van der Waals surface area (Å²) in [6.07, 6.45) is 5.43. The first kappa shape index (κ1) is 25.2. The third-order valence-corrected chi connectivity index (χ3v) is 8.34. The third kappa shape index (κ3) is 5.22. The Morgan fingerprint density at radius 1 is 1.11 bits per heavy atom. The maximum atomic E-state index is 13.2. The SMILES string of the molecule is CN(C1CCCCC1)S(=O)(=O)c1cc(Oc2c(Cl)cc(-n3ncc(=O)[nH]c3=O)cc2Cl)ccc1O. The fourth-order valence-electron chi connectivity index (χ4n) is 3.98. The van der Waals surface area contributed by atoms with Crippen molar-refractivity contribution in [2.45, 2.75) is 43.0 Å². The summed E-state index contributed by atoms with van der Waals surface area (Å²) in [6, 6.07) is 6.37. The van der Waals surface area contributed by atoms with Crippen LogP contribution in [0, 0.1) is 0 Å². The summed E-state index contributed by atoms with van der Waals surface area (Å²) >= 11 is 12.7. The summed E-state index contributed by atoms with van der Waals surface area (Å²) in [5, 5.41) is 14.1. The van der Waals surface area contributed by atoms with Crippen LogP contribution in [0.4, 0.5) is 0 Å². The number of phenolic OH excluding ortho intramolecular Hbond substituents is 1. The van der Waals surface area contributed by atoms with E-state index in [0.717, 1.165) is 43.0 Å². The van der Waals surface area contributed by atoms with Gasteiger partial charge in [0.15, 0.2) is 5.75 Å². The minimum absolute atomic E-state index is 0.00389. The van der Waals surface area contributed by atoms with Gasteiger partial charge in [-0.15, -0.1) is 0 Å². The van der Waals surface area contributed by atoms with E-state index in [9.17, 15) is 23.1 Å². The van der Waals surface area contributed by atoms with Crippen molar-refractivity contribution in [2.24, 2.45) is 0 Å². The minimum Gasteiger partial charge on any atom is -0.507 e. The molecule has 0 atom stereocenters. The number of aromatic hydroxyl groups is 1. The maximum absolute atomic E-state index is 13.2. The number of phenols is 1. The number of hydrogen-bond donors (Lipinski definition) is 2. The van der Waals surface area contributed by atoms with Crippen molar-refractivity contribution < 1.29 is 18.3 Å². The zero-order valence-electron chi connectivity index (χ0n) is 18.6. The van der Waals surface area contributed by atoms with E-state index in [1.807, 2.05) is 0 Å². The Hall–Kier alpha value is -2.86. The molecule has 0 spiro atoms. The van der Waals surface area contributed by atoms with Crippen LogP contribution >= 0.6 is 23.2 Å². The highest BCUT2D eigenvalue weighted by molar-refractivity contribution is 7.89. The van der Waals surface area contributed by atoms with Gasteiger partial charge in [-0.2, -0.15) is 14.1 Å². The van der Waals surface area contributed by atoms with Crippen LogP contribution in [0.15, 0.2) is 51.0 Å². The van der Waals surface area contributed by atoms with Gasteiger partial charge in [0.05, 0.1) is 15.7 Å². The molecule has 0 saturated heterocycles. The Morgan fingerprint density at radius 2 is 1.77 bits per heavy atom. The average Bonchev–Trinajstić information content (AvgIpc) is 2.82. The Morgan fingerprint density at radius 3 is 2.40 bits per heavy atom. The lowest BCUT2D eigenvalue weighted by Crippen LogP contribution is -2.38. The van der Waals surface area contributed by atoms with Crippen LogP contribution < -0.4 is 16.0 Å². The highest BCUT2D eigenvalue weighted by Gasteiger charge is 2.31. The molecule has 1 aromatic heterocycles. The second-order valence-corrected chi connectivity index (χ2v) is 10.9. The molecule has 4 rings (SSSR count). The summed E-state index contributed by atoms with van der Waals surface area (Å²) in [4.78, 5) is 25.0. The lowest BCUT2D eigenvalue weighted by molar-refractivity contribution is 0.285. The van der Waals surface area contributed by atoms with Gasteiger partial charge in [-0.25, -0.2) is 13.2 Å². The van der Waals surface area contributed by atoms with Crippen LogP contribution in [0.3, 0.4) is 0 Å². The normalized spacial score (nSPS) is 14.9. The Balaban J connectivity index is 1.65. The van der Waals surface area contributed by atoms with Gasteiger partial charge < -0.3 is 9.84 Å². The second-order valence-electron chi connectivity index (χ2n) is 8.13. The summed E-state index contributed by atoms with van der Waals surface area (Å²) in [7, 11) is -2.48. The van der Waals surface area contributed by atoms with Crippen LogP contribution in [-0.4, -0.2) is 45.7 Å². The van der Waals surface area contributed by atoms with Gasteiger partial charge in [-0.1, -0.05) is 42.5 Å². The van der Waals surface area contributed by atoms with Crippen LogP contribution in [0.2, 0.25) is 10.0 Å². The van der Waals surface area contributed by atoms with Crippen molar-refractivity contribution in [3.05, 3.63) is 67.4 Å². The summed E-state index contributed by atoms with van der Waals surface area (Å²) in [5.41, 5.74) is -1.26. The number of H-pyrrole nitrogens is 1. The Labute approximate surface area is 210 Å². The quantitative estimate of drug-likeness (QED) is 0.486. The van der Waals surface area contributed by atoms with E-state index >= 15 is 0 Å². The number of ether oxygens (including phenoxy) is 1. The molecule has 13 heteroatoms. The van der Waals surface area contributed by atoms with E-state index in [-0.39, 0.29) is 38.2 Å². The lowest BCUT2D eigenvalue weighted by Gasteiger charge is -2.30. The number of nitrogens with one attached hydrogen (secondary N) is 1. The van der Waals surface area contributed by atoms with Gasteiger partial charge >= 0.3 is 5.69 Å². The van der Waals surface area contributed by atoms with Gasteiger partial charge in [0, 0.05) is 19.2 Å². The topological polar surface area (TPSA) is 135 Å². The van der Waals surface area contributed by atoms with Gasteiger partial charge in [0.1, 0.15) is 22.6 Å². The fraction of sp³-hybridized carbons (Fsp3) is 0.318. The molecule has 0 amide bonds. The first-order chi connectivity index (χ1) is 16.6. The smallest absolute Gasteiger partial charge is 0.349 e. The van der Waals surface area contributed by atoms with Crippen molar-refractivity contribution in [3.8, 4) is 22.9 Å². The third-order valence-electron chi connectivity index (χ3n) is 5.84. The monoisotopic (exact) mass is 540 g/mol. The average molecular weight is 541 g/mol. The van der Waals surface area contributed by atoms with E-state index in [4.69, 9.17) is 27.9 Å². The van der Waals surface area contributed by atoms with Gasteiger partial charge in [0.25, 0.3) is 5.56 Å². The Kier molecular flexibility index (Phi) is 7.22. The molecule has 0 aliphatic heterocycles. The first-order valence-electron chi connectivity index (χ1n) is 10.7. The largest absolute Gasteiger partial charge is 0.507 e. The number of rotatable bonds is 6. The number of halogens is 2. The second kappa shape index (κ2) is 10.0. The Bertz CT molecular complexity index is 1460. The van der Waals surface area contributed by atoms with E-state index in [0.29, 0.717) is 0 Å². The highest BCUT2D eigenvalue weighted by atomic mass is 35.5. The predicted octanol–water partition coefficient (Wildman–Crippen LogP) is 3.68. The molecule has 1 heterocycles. The van der Waals surface area contributed by atoms with Crippen molar-refractivity contribution in [1.29, 1.82) is 0 Å². The number of sulfonamides is 1. The molecule has 35 heavy (non-hydrogen) atoms. The molecule has 2 aromatic carbocycles. The summed E-state index contributed by atoms with van der Waals surface area (Å²) < 4.78 is 34.5. The number of aromatic nitrogens is 3. The molecule has 2 N–H and O–H groups in total. The summed E-state index contributed by atoms with van der Waals surface area (Å²) in [6.45, 7) is 0. The molecule has 186 valence electrons. The molecule has 3 aromatic rings. The van der Waals surface area contributed by atoms with Gasteiger partial charge in [-0.3, -0.25) is 9.78 Å². The molecular formula is C22H22Cl2N4O6S. The zero-order valence-corrected chi connectivity index (χ0v) is 20.9. The van der Waals surface area contributed by atoms with Gasteiger partial charge in [0.2, 0.25) is 10.0 Å². The first-order valence-corrected chi connectivity index (χ1v) is 12.9. The number of aromatic amines is 1. The molecule has 10 nitrogen and oxygen atoms in total. The maximum Gasteiger partial charge on any atom is 0.349 e. The van der Waals surface area contributed by atoms with E-state index in [1.165, 1.54) is 41.7 Å². The lowest BCUT2D eigenvalue weighted by atomic mass is 9.96. The molecular weight excluding hydrogens is 519 g/mol. The molecule has 1 saturated carbocycles. The number of hydrogen-bond acceptors (Lipinski definition) is 7. The fourth-order valence-corrected chi connectivity index (χ4v) is 6.05. The van der Waals surface area contributed by atoms with Gasteiger partial charge in [-0.05, 0) is 37.1 Å². The van der Waals surface area contributed by atoms with Crippen molar-refractivity contribution >= 4 is 33.2 Å². The van der Waals surface area contributed by atoms with Crippen LogP contribution in [0.1, 0.15) is 32.1 Å². The zero-order chi connectivity index (χ0) is 25.3. The van der Waals surface area contributed by atoms with Crippen LogP contribution in [0.5, 0.6) is 17.2 Å². The molecule has 1 aliphatic carbocycles. The van der Waals surface area contributed by atoms with Crippen LogP contribution in [0.25, 0.3) is 5.69 Å². The van der Waals surface area contributed by atoms with E-state index in [2.05, 4.69) is 10.1 Å². The van der Waals surface area contributed by atoms with Crippen LogP contribution in [-0.2, 0) is 10.0 Å². The number of benzene rings is 2. The van der Waals surface area contributed by atoms with Crippen molar-refractivity contribution in [1.82, 2.24) is 19.1 Å². The molecule has 0 unspecified atom stereocenters. The molecule has 1 aliphatic rings.